The average molecular weight is 240 g/mol. The third kappa shape index (κ3) is 2.35. The number of hydrogen-bond acceptors (Lipinski definition) is 4. The molecule has 6 heteroatoms. The molecule has 1 rings (SSSR count). The SMILES string of the molecule is CC(=O)N1CC(=O)N(C(C)=O)C(C(C)C)C1=O. The zero-order valence-corrected chi connectivity index (χ0v) is 10.4. The second kappa shape index (κ2) is 4.65. The molecule has 0 aliphatic carbocycles. The second-order valence-electron chi connectivity index (χ2n) is 4.42. The van der Waals surface area contributed by atoms with Crippen molar-refractivity contribution in [2.45, 2.75) is 33.7 Å². The highest BCUT2D eigenvalue weighted by atomic mass is 16.2. The van der Waals surface area contributed by atoms with E-state index in [2.05, 4.69) is 0 Å². The van der Waals surface area contributed by atoms with Crippen molar-refractivity contribution in [1.29, 1.82) is 0 Å². The highest BCUT2D eigenvalue weighted by Crippen LogP contribution is 2.19. The summed E-state index contributed by atoms with van der Waals surface area (Å²) >= 11 is 0. The average Bonchev–Trinajstić information content (AvgIpc) is 2.18. The van der Waals surface area contributed by atoms with Crippen LogP contribution in [0.3, 0.4) is 0 Å². The summed E-state index contributed by atoms with van der Waals surface area (Å²) in [5.41, 5.74) is 0. The number of amides is 4. The predicted octanol–water partition coefficient (Wildman–Crippen LogP) is -0.225. The molecule has 1 unspecified atom stereocenters. The Bertz CT molecular complexity index is 389. The lowest BCUT2D eigenvalue weighted by Gasteiger charge is -2.39. The first-order chi connectivity index (χ1) is 7.77. The molecule has 0 aromatic carbocycles. The van der Waals surface area contributed by atoms with Crippen molar-refractivity contribution in [1.82, 2.24) is 9.80 Å². The predicted molar refractivity (Wildman–Crippen MR) is 58.5 cm³/mol. The summed E-state index contributed by atoms with van der Waals surface area (Å²) in [7, 11) is 0. The van der Waals surface area contributed by atoms with Gasteiger partial charge in [0, 0.05) is 13.8 Å². The minimum absolute atomic E-state index is 0.225. The Balaban J connectivity index is 3.14. The molecule has 1 saturated heterocycles. The van der Waals surface area contributed by atoms with Crippen molar-refractivity contribution in [3.63, 3.8) is 0 Å². The number of hydrogen-bond donors (Lipinski definition) is 0. The van der Waals surface area contributed by atoms with Crippen LogP contribution in [0.15, 0.2) is 0 Å². The van der Waals surface area contributed by atoms with Crippen LogP contribution in [-0.2, 0) is 19.2 Å². The smallest absolute Gasteiger partial charge is 0.253 e. The Labute approximate surface area is 99.5 Å². The van der Waals surface area contributed by atoms with E-state index in [9.17, 15) is 19.2 Å². The van der Waals surface area contributed by atoms with E-state index >= 15 is 0 Å². The normalized spacial score (nSPS) is 21.1. The zero-order chi connectivity index (χ0) is 13.3. The van der Waals surface area contributed by atoms with Crippen LogP contribution in [0.2, 0.25) is 0 Å². The van der Waals surface area contributed by atoms with E-state index in [-0.39, 0.29) is 12.5 Å². The lowest BCUT2D eigenvalue weighted by molar-refractivity contribution is -0.167. The third-order valence-corrected chi connectivity index (χ3v) is 2.71. The van der Waals surface area contributed by atoms with Gasteiger partial charge in [0.2, 0.25) is 17.7 Å². The number of rotatable bonds is 1. The van der Waals surface area contributed by atoms with Crippen molar-refractivity contribution in [2.24, 2.45) is 5.92 Å². The molecule has 1 fully saturated rings. The third-order valence-electron chi connectivity index (χ3n) is 2.71. The molecule has 0 N–H and O–H groups in total. The van der Waals surface area contributed by atoms with Crippen molar-refractivity contribution in [3.8, 4) is 0 Å². The maximum Gasteiger partial charge on any atom is 0.253 e. The number of imide groups is 2. The Morgan fingerprint density at radius 2 is 1.71 bits per heavy atom. The molecule has 0 saturated carbocycles. The summed E-state index contributed by atoms with van der Waals surface area (Å²) < 4.78 is 0. The molecule has 4 amide bonds. The minimum atomic E-state index is -0.877. The summed E-state index contributed by atoms with van der Waals surface area (Å²) in [6, 6.07) is -0.877. The van der Waals surface area contributed by atoms with Crippen LogP contribution >= 0.6 is 0 Å². The first kappa shape index (κ1) is 13.3. The van der Waals surface area contributed by atoms with E-state index in [0.29, 0.717) is 0 Å². The molecule has 0 radical (unpaired) electrons. The van der Waals surface area contributed by atoms with E-state index in [1.807, 2.05) is 0 Å². The molecule has 1 aliphatic heterocycles. The fraction of sp³-hybridized carbons (Fsp3) is 0.636. The Kier molecular flexibility index (Phi) is 3.65. The van der Waals surface area contributed by atoms with Crippen molar-refractivity contribution in [3.05, 3.63) is 0 Å². The van der Waals surface area contributed by atoms with Crippen molar-refractivity contribution >= 4 is 23.6 Å². The standard InChI is InChI=1S/C11H16N2O4/c1-6(2)10-11(17)12(7(3)14)5-9(16)13(10)8(4)15/h6,10H,5H2,1-4H3. The van der Waals surface area contributed by atoms with E-state index in [0.717, 1.165) is 9.80 Å². The fourth-order valence-corrected chi connectivity index (χ4v) is 1.94. The first-order valence-corrected chi connectivity index (χ1v) is 5.42. The maximum atomic E-state index is 12.0. The van der Waals surface area contributed by atoms with Gasteiger partial charge in [-0.3, -0.25) is 29.0 Å². The van der Waals surface area contributed by atoms with Crippen molar-refractivity contribution < 1.29 is 19.2 Å². The topological polar surface area (TPSA) is 74.8 Å². The Morgan fingerprint density at radius 3 is 2.06 bits per heavy atom. The van der Waals surface area contributed by atoms with E-state index in [1.165, 1.54) is 13.8 Å². The molecule has 1 atom stereocenters. The molecule has 1 aliphatic rings. The second-order valence-corrected chi connectivity index (χ2v) is 4.42. The summed E-state index contributed by atoms with van der Waals surface area (Å²) in [5.74, 6) is -2.16. The molecule has 0 bridgehead atoms. The monoisotopic (exact) mass is 240 g/mol. The first-order valence-electron chi connectivity index (χ1n) is 5.42. The summed E-state index contributed by atoms with van der Waals surface area (Å²) in [5, 5.41) is 0. The maximum absolute atomic E-state index is 12.0. The van der Waals surface area contributed by atoms with Gasteiger partial charge in [0.25, 0.3) is 5.91 Å². The van der Waals surface area contributed by atoms with Gasteiger partial charge < -0.3 is 0 Å². The molecule has 6 nitrogen and oxygen atoms in total. The zero-order valence-electron chi connectivity index (χ0n) is 10.4. The molecule has 0 aromatic rings. The van der Waals surface area contributed by atoms with Crippen LogP contribution in [0.1, 0.15) is 27.7 Å². The highest BCUT2D eigenvalue weighted by molar-refractivity contribution is 6.09. The molecule has 0 aromatic heterocycles. The number of carbonyl (C=O) groups is 4. The quantitative estimate of drug-likeness (QED) is 0.634. The molecular formula is C11H16N2O4. The Hall–Kier alpha value is -1.72. The summed E-state index contributed by atoms with van der Waals surface area (Å²) in [6.07, 6.45) is 0. The van der Waals surface area contributed by atoms with Gasteiger partial charge in [0.1, 0.15) is 12.6 Å². The molecular weight excluding hydrogens is 224 g/mol. The van der Waals surface area contributed by atoms with Gasteiger partial charge in [-0.2, -0.15) is 0 Å². The fourth-order valence-electron chi connectivity index (χ4n) is 1.94. The van der Waals surface area contributed by atoms with Gasteiger partial charge in [-0.25, -0.2) is 0 Å². The van der Waals surface area contributed by atoms with Gasteiger partial charge in [-0.1, -0.05) is 13.8 Å². The van der Waals surface area contributed by atoms with Crippen LogP contribution in [0, 0.1) is 5.92 Å². The number of nitrogens with zero attached hydrogens (tertiary/aromatic N) is 2. The molecule has 17 heavy (non-hydrogen) atoms. The van der Waals surface area contributed by atoms with Crippen molar-refractivity contribution in [2.75, 3.05) is 6.54 Å². The summed E-state index contributed by atoms with van der Waals surface area (Å²) in [4.78, 5) is 48.3. The van der Waals surface area contributed by atoms with Gasteiger partial charge in [0.15, 0.2) is 0 Å². The molecule has 0 spiro atoms. The lowest BCUT2D eigenvalue weighted by Crippen LogP contribution is -2.63. The van der Waals surface area contributed by atoms with Crippen LogP contribution in [-0.4, -0.2) is 46.0 Å². The van der Waals surface area contributed by atoms with Crippen LogP contribution in [0.5, 0.6) is 0 Å². The van der Waals surface area contributed by atoms with Gasteiger partial charge >= 0.3 is 0 Å². The van der Waals surface area contributed by atoms with E-state index < -0.39 is 29.7 Å². The van der Waals surface area contributed by atoms with E-state index in [4.69, 9.17) is 0 Å². The van der Waals surface area contributed by atoms with Gasteiger partial charge in [-0.05, 0) is 5.92 Å². The Morgan fingerprint density at radius 1 is 1.18 bits per heavy atom. The highest BCUT2D eigenvalue weighted by Gasteiger charge is 2.44. The van der Waals surface area contributed by atoms with Gasteiger partial charge in [-0.15, -0.1) is 0 Å². The van der Waals surface area contributed by atoms with Crippen LogP contribution < -0.4 is 0 Å². The molecule has 94 valence electrons. The molecule has 1 heterocycles. The van der Waals surface area contributed by atoms with Crippen LogP contribution in [0.25, 0.3) is 0 Å². The van der Waals surface area contributed by atoms with E-state index in [1.54, 1.807) is 13.8 Å². The van der Waals surface area contributed by atoms with Crippen LogP contribution in [0.4, 0.5) is 0 Å². The lowest BCUT2D eigenvalue weighted by atomic mass is 9.98. The van der Waals surface area contributed by atoms with Gasteiger partial charge in [0.05, 0.1) is 0 Å². The summed E-state index contributed by atoms with van der Waals surface area (Å²) in [6.45, 7) is 5.58. The minimum Gasteiger partial charge on any atom is -0.275 e. The largest absolute Gasteiger partial charge is 0.275 e. The number of carbonyl (C=O) groups excluding carboxylic acids is 4. The number of piperazine rings is 1.